The fourth-order valence-corrected chi connectivity index (χ4v) is 4.26. The predicted molar refractivity (Wildman–Crippen MR) is 139 cm³/mol. The minimum atomic E-state index is -0.763. The molecule has 0 bridgehead atoms. The number of nitrogens with zero attached hydrogens (tertiary/aromatic N) is 1. The maximum atomic E-state index is 13.3. The second kappa shape index (κ2) is 11.1. The van der Waals surface area contributed by atoms with Crippen LogP contribution >= 0.6 is 0 Å². The molecule has 0 saturated carbocycles. The van der Waals surface area contributed by atoms with E-state index in [0.717, 1.165) is 12.0 Å². The maximum Gasteiger partial charge on any atom is 0.295 e. The monoisotopic (exact) mass is 485 g/mol. The summed E-state index contributed by atoms with van der Waals surface area (Å²) in [6, 6.07) is 22.9. The average Bonchev–Trinajstić information content (AvgIpc) is 3.14. The van der Waals surface area contributed by atoms with Crippen LogP contribution in [0.25, 0.3) is 5.76 Å². The van der Waals surface area contributed by atoms with Crippen molar-refractivity contribution >= 4 is 17.4 Å². The number of hydrogen-bond donors (Lipinski definition) is 1. The molecule has 1 fully saturated rings. The van der Waals surface area contributed by atoms with Gasteiger partial charge in [0.2, 0.25) is 0 Å². The van der Waals surface area contributed by atoms with Gasteiger partial charge in [-0.3, -0.25) is 9.59 Å². The molecule has 0 aliphatic carbocycles. The number of ether oxygens (including phenoxy) is 2. The van der Waals surface area contributed by atoms with Crippen LogP contribution in [-0.4, -0.2) is 35.4 Å². The number of carbonyl (C=O) groups excluding carboxylic acids is 2. The Kier molecular flexibility index (Phi) is 7.74. The molecule has 6 nitrogen and oxygen atoms in total. The Morgan fingerprint density at radius 3 is 2.33 bits per heavy atom. The van der Waals surface area contributed by atoms with Crippen LogP contribution in [0.1, 0.15) is 43.0 Å². The van der Waals surface area contributed by atoms with E-state index in [1.54, 1.807) is 31.4 Å². The van der Waals surface area contributed by atoms with Gasteiger partial charge in [-0.2, -0.15) is 0 Å². The Labute approximate surface area is 211 Å². The molecule has 1 N–H and O–H groups in total. The van der Waals surface area contributed by atoms with Gasteiger partial charge in [0.25, 0.3) is 11.7 Å². The second-order valence-electron chi connectivity index (χ2n) is 9.24. The van der Waals surface area contributed by atoms with Crippen molar-refractivity contribution in [3.05, 3.63) is 101 Å². The molecule has 6 heteroatoms. The molecular weight excluding hydrogens is 454 g/mol. The van der Waals surface area contributed by atoms with Crippen molar-refractivity contribution in [2.24, 2.45) is 5.92 Å². The van der Waals surface area contributed by atoms with Crippen molar-refractivity contribution in [1.82, 2.24) is 4.90 Å². The van der Waals surface area contributed by atoms with Crippen molar-refractivity contribution in [2.45, 2.75) is 32.9 Å². The van der Waals surface area contributed by atoms with E-state index >= 15 is 0 Å². The number of aliphatic hydroxyl groups excluding tert-OH is 1. The van der Waals surface area contributed by atoms with Gasteiger partial charge in [-0.1, -0.05) is 56.3 Å². The lowest BCUT2D eigenvalue weighted by atomic mass is 9.95. The van der Waals surface area contributed by atoms with Gasteiger partial charge in [0.1, 0.15) is 17.3 Å². The van der Waals surface area contributed by atoms with Gasteiger partial charge in [-0.15, -0.1) is 0 Å². The van der Waals surface area contributed by atoms with Crippen molar-refractivity contribution in [1.29, 1.82) is 0 Å². The van der Waals surface area contributed by atoms with Crippen LogP contribution in [0.5, 0.6) is 11.5 Å². The van der Waals surface area contributed by atoms with Gasteiger partial charge in [0.05, 0.1) is 25.3 Å². The maximum absolute atomic E-state index is 13.3. The number of aliphatic hydroxyl groups is 1. The van der Waals surface area contributed by atoms with Crippen molar-refractivity contribution < 1.29 is 24.2 Å². The molecule has 1 aliphatic heterocycles. The Morgan fingerprint density at radius 1 is 0.944 bits per heavy atom. The van der Waals surface area contributed by atoms with E-state index in [0.29, 0.717) is 35.2 Å². The largest absolute Gasteiger partial charge is 0.507 e. The minimum absolute atomic E-state index is 0.0560. The summed E-state index contributed by atoms with van der Waals surface area (Å²) in [4.78, 5) is 28.1. The zero-order chi connectivity index (χ0) is 25.7. The Bertz CT molecular complexity index is 1250. The second-order valence-corrected chi connectivity index (χ2v) is 9.24. The number of ketones is 1. The summed E-state index contributed by atoms with van der Waals surface area (Å²) in [7, 11) is 1.56. The summed E-state index contributed by atoms with van der Waals surface area (Å²) >= 11 is 0. The number of likely N-dealkylation sites (tertiary alicyclic amines) is 1. The van der Waals surface area contributed by atoms with Gasteiger partial charge >= 0.3 is 0 Å². The third-order valence-corrected chi connectivity index (χ3v) is 6.24. The van der Waals surface area contributed by atoms with Crippen LogP contribution in [0.15, 0.2) is 84.4 Å². The number of Topliss-reactive ketones (excluding diaryl/α,β-unsaturated/α-hetero) is 1. The highest BCUT2D eigenvalue weighted by Gasteiger charge is 2.46. The summed E-state index contributed by atoms with van der Waals surface area (Å²) in [6.45, 7) is 5.07. The van der Waals surface area contributed by atoms with E-state index in [2.05, 4.69) is 13.8 Å². The van der Waals surface area contributed by atoms with Gasteiger partial charge in [-0.25, -0.2) is 0 Å². The smallest absolute Gasteiger partial charge is 0.295 e. The van der Waals surface area contributed by atoms with Crippen LogP contribution in [0.2, 0.25) is 0 Å². The van der Waals surface area contributed by atoms with E-state index in [-0.39, 0.29) is 17.9 Å². The van der Waals surface area contributed by atoms with E-state index in [9.17, 15) is 14.7 Å². The predicted octanol–water partition coefficient (Wildman–Crippen LogP) is 5.74. The molecule has 1 atom stereocenters. The number of benzene rings is 3. The fraction of sp³-hybridized carbons (Fsp3) is 0.267. The molecule has 1 amide bonds. The molecule has 4 rings (SSSR count). The molecule has 186 valence electrons. The highest BCUT2D eigenvalue weighted by Crippen LogP contribution is 2.41. The van der Waals surface area contributed by atoms with Crippen LogP contribution in [0.3, 0.4) is 0 Å². The number of hydrogen-bond acceptors (Lipinski definition) is 5. The topological polar surface area (TPSA) is 76.1 Å². The molecule has 3 aromatic carbocycles. The minimum Gasteiger partial charge on any atom is -0.507 e. The molecule has 0 spiro atoms. The zero-order valence-corrected chi connectivity index (χ0v) is 20.8. The van der Waals surface area contributed by atoms with E-state index < -0.39 is 17.7 Å². The van der Waals surface area contributed by atoms with Crippen LogP contribution in [0.4, 0.5) is 0 Å². The number of amides is 1. The molecule has 1 unspecified atom stereocenters. The average molecular weight is 486 g/mol. The Balaban J connectivity index is 1.78. The van der Waals surface area contributed by atoms with Crippen molar-refractivity contribution in [2.75, 3.05) is 13.7 Å². The highest BCUT2D eigenvalue weighted by atomic mass is 16.5. The summed E-state index contributed by atoms with van der Waals surface area (Å²) in [5, 5.41) is 11.3. The first-order valence-electron chi connectivity index (χ1n) is 12.1. The molecule has 36 heavy (non-hydrogen) atoms. The molecular formula is C30H31NO5. The van der Waals surface area contributed by atoms with Crippen LogP contribution in [-0.2, 0) is 16.1 Å². The van der Waals surface area contributed by atoms with E-state index in [1.165, 1.54) is 4.90 Å². The van der Waals surface area contributed by atoms with Gasteiger partial charge in [0.15, 0.2) is 0 Å². The van der Waals surface area contributed by atoms with Crippen molar-refractivity contribution in [3.63, 3.8) is 0 Å². The van der Waals surface area contributed by atoms with Crippen molar-refractivity contribution in [3.8, 4) is 11.5 Å². The fourth-order valence-electron chi connectivity index (χ4n) is 4.26. The summed E-state index contributed by atoms with van der Waals surface area (Å²) in [6.07, 6.45) is 0.911. The van der Waals surface area contributed by atoms with Crippen LogP contribution in [0, 0.1) is 5.92 Å². The molecule has 1 heterocycles. The van der Waals surface area contributed by atoms with Gasteiger partial charge < -0.3 is 19.5 Å². The Hall–Kier alpha value is -4.06. The molecule has 0 aromatic heterocycles. The zero-order valence-electron chi connectivity index (χ0n) is 20.8. The normalized spacial score (nSPS) is 17.0. The molecule has 0 radical (unpaired) electrons. The third-order valence-electron chi connectivity index (χ3n) is 6.24. The number of methoxy groups -OCH3 is 1. The first-order valence-corrected chi connectivity index (χ1v) is 12.1. The quantitative estimate of drug-likeness (QED) is 0.238. The summed E-state index contributed by atoms with van der Waals surface area (Å²) < 4.78 is 11.2. The lowest BCUT2D eigenvalue weighted by Gasteiger charge is -2.26. The Morgan fingerprint density at radius 2 is 1.67 bits per heavy atom. The third kappa shape index (κ3) is 5.43. The summed E-state index contributed by atoms with van der Waals surface area (Å²) in [5.74, 6) is 0.209. The first kappa shape index (κ1) is 25.0. The standard InChI is InChI=1S/C30H31NO5/c1-20(2)16-17-36-25-11-7-10-23(18-25)27-26(28(32)22-12-14-24(35-3)15-13-22)29(33)30(34)31(27)19-21-8-5-4-6-9-21/h4-15,18,20,27,32H,16-17,19H2,1-3H3. The summed E-state index contributed by atoms with van der Waals surface area (Å²) in [5.41, 5.74) is 2.07. The van der Waals surface area contributed by atoms with Gasteiger partial charge in [-0.05, 0) is 59.9 Å². The van der Waals surface area contributed by atoms with Gasteiger partial charge in [0, 0.05) is 12.1 Å². The number of rotatable bonds is 9. The molecule has 1 saturated heterocycles. The van der Waals surface area contributed by atoms with E-state index in [4.69, 9.17) is 9.47 Å². The number of carbonyl (C=O) groups is 2. The molecule has 1 aliphatic rings. The first-order chi connectivity index (χ1) is 17.4. The lowest BCUT2D eigenvalue weighted by molar-refractivity contribution is -0.140. The highest BCUT2D eigenvalue weighted by molar-refractivity contribution is 6.46. The van der Waals surface area contributed by atoms with E-state index in [1.807, 2.05) is 54.6 Å². The van der Waals surface area contributed by atoms with Crippen LogP contribution < -0.4 is 9.47 Å². The molecule has 3 aromatic rings. The lowest BCUT2D eigenvalue weighted by Crippen LogP contribution is -2.29. The SMILES string of the molecule is COc1ccc(C(O)=C2C(=O)C(=O)N(Cc3ccccc3)C2c2cccc(OCCC(C)C)c2)cc1.